The Balaban J connectivity index is 1.65. The second-order valence-corrected chi connectivity index (χ2v) is 5.49. The molecule has 19 heavy (non-hydrogen) atoms. The summed E-state index contributed by atoms with van der Waals surface area (Å²) in [5.74, 6) is 0.0827. The lowest BCUT2D eigenvalue weighted by atomic mass is 10.1. The van der Waals surface area contributed by atoms with Crippen LogP contribution >= 0.6 is 11.6 Å². The Kier molecular flexibility index (Phi) is 5.67. The Hall–Kier alpha value is -1.06. The van der Waals surface area contributed by atoms with Crippen molar-refractivity contribution in [2.75, 3.05) is 26.2 Å². The molecule has 1 aromatic carbocycles. The van der Waals surface area contributed by atoms with Crippen molar-refractivity contribution in [1.29, 1.82) is 0 Å². The summed E-state index contributed by atoms with van der Waals surface area (Å²) in [6, 6.07) is 7.43. The molecule has 1 aliphatic rings. The SMILES string of the molecule is O=C(Cc1ccc(Cl)cc1)NCCN1CCCCC1. The van der Waals surface area contributed by atoms with E-state index in [1.807, 2.05) is 24.3 Å². The highest BCUT2D eigenvalue weighted by molar-refractivity contribution is 6.30. The zero-order valence-electron chi connectivity index (χ0n) is 11.2. The number of carbonyl (C=O) groups is 1. The minimum Gasteiger partial charge on any atom is -0.355 e. The van der Waals surface area contributed by atoms with Gasteiger partial charge in [-0.25, -0.2) is 0 Å². The van der Waals surface area contributed by atoms with Crippen molar-refractivity contribution in [3.8, 4) is 0 Å². The summed E-state index contributed by atoms with van der Waals surface area (Å²) >= 11 is 5.81. The van der Waals surface area contributed by atoms with Gasteiger partial charge in [-0.3, -0.25) is 4.79 Å². The predicted molar refractivity (Wildman–Crippen MR) is 78.5 cm³/mol. The molecule has 0 spiro atoms. The molecule has 1 amide bonds. The second kappa shape index (κ2) is 7.51. The van der Waals surface area contributed by atoms with Crippen molar-refractivity contribution in [3.05, 3.63) is 34.9 Å². The Bertz CT molecular complexity index is 399. The molecule has 2 rings (SSSR count). The number of hydrogen-bond donors (Lipinski definition) is 1. The number of hydrogen-bond acceptors (Lipinski definition) is 2. The fraction of sp³-hybridized carbons (Fsp3) is 0.533. The average molecular weight is 281 g/mol. The van der Waals surface area contributed by atoms with E-state index in [4.69, 9.17) is 11.6 Å². The Morgan fingerprint density at radius 2 is 1.84 bits per heavy atom. The van der Waals surface area contributed by atoms with E-state index in [1.54, 1.807) is 0 Å². The number of amides is 1. The maximum absolute atomic E-state index is 11.8. The van der Waals surface area contributed by atoms with Gasteiger partial charge in [-0.2, -0.15) is 0 Å². The third-order valence-corrected chi connectivity index (χ3v) is 3.73. The number of benzene rings is 1. The second-order valence-electron chi connectivity index (χ2n) is 5.06. The highest BCUT2D eigenvalue weighted by atomic mass is 35.5. The van der Waals surface area contributed by atoms with Crippen LogP contribution in [0.2, 0.25) is 5.02 Å². The third kappa shape index (κ3) is 5.21. The molecule has 1 aromatic rings. The van der Waals surface area contributed by atoms with E-state index < -0.39 is 0 Å². The number of nitrogens with zero attached hydrogens (tertiary/aromatic N) is 1. The summed E-state index contributed by atoms with van der Waals surface area (Å²) in [7, 11) is 0. The van der Waals surface area contributed by atoms with E-state index >= 15 is 0 Å². The van der Waals surface area contributed by atoms with Crippen molar-refractivity contribution < 1.29 is 4.79 Å². The van der Waals surface area contributed by atoms with Crippen LogP contribution in [0.3, 0.4) is 0 Å². The Labute approximate surface area is 119 Å². The molecule has 0 atom stereocenters. The smallest absolute Gasteiger partial charge is 0.224 e. The van der Waals surface area contributed by atoms with Gasteiger partial charge in [-0.1, -0.05) is 30.2 Å². The summed E-state index contributed by atoms with van der Waals surface area (Å²) in [6.07, 6.45) is 4.36. The Morgan fingerprint density at radius 3 is 2.53 bits per heavy atom. The molecule has 1 heterocycles. The van der Waals surface area contributed by atoms with Crippen LogP contribution in [0.4, 0.5) is 0 Å². The van der Waals surface area contributed by atoms with Crippen LogP contribution in [0.1, 0.15) is 24.8 Å². The number of piperidine rings is 1. The van der Waals surface area contributed by atoms with Gasteiger partial charge >= 0.3 is 0 Å². The molecule has 1 aliphatic heterocycles. The first kappa shape index (κ1) is 14.4. The number of rotatable bonds is 5. The topological polar surface area (TPSA) is 32.3 Å². The first-order valence-electron chi connectivity index (χ1n) is 6.97. The summed E-state index contributed by atoms with van der Waals surface area (Å²) in [5, 5.41) is 3.68. The van der Waals surface area contributed by atoms with Crippen LogP contribution in [-0.4, -0.2) is 37.0 Å². The van der Waals surface area contributed by atoms with Crippen molar-refractivity contribution >= 4 is 17.5 Å². The summed E-state index contributed by atoms with van der Waals surface area (Å²) in [6.45, 7) is 4.05. The zero-order chi connectivity index (χ0) is 13.5. The summed E-state index contributed by atoms with van der Waals surface area (Å²) in [5.41, 5.74) is 1.000. The molecule has 104 valence electrons. The maximum Gasteiger partial charge on any atom is 0.224 e. The maximum atomic E-state index is 11.8. The molecule has 0 aliphatic carbocycles. The van der Waals surface area contributed by atoms with Crippen molar-refractivity contribution in [2.24, 2.45) is 0 Å². The lowest BCUT2D eigenvalue weighted by molar-refractivity contribution is -0.120. The molecule has 0 saturated carbocycles. The highest BCUT2D eigenvalue weighted by Crippen LogP contribution is 2.10. The van der Waals surface area contributed by atoms with Gasteiger partial charge in [0.2, 0.25) is 5.91 Å². The Morgan fingerprint density at radius 1 is 1.16 bits per heavy atom. The molecule has 0 aromatic heterocycles. The average Bonchev–Trinajstić information content (AvgIpc) is 2.43. The van der Waals surface area contributed by atoms with Crippen LogP contribution < -0.4 is 5.32 Å². The molecule has 4 heteroatoms. The van der Waals surface area contributed by atoms with Crippen LogP contribution in [0.5, 0.6) is 0 Å². The lowest BCUT2D eigenvalue weighted by Crippen LogP contribution is -2.38. The van der Waals surface area contributed by atoms with Gasteiger partial charge in [0, 0.05) is 18.1 Å². The number of nitrogens with one attached hydrogen (secondary N) is 1. The fourth-order valence-electron chi connectivity index (χ4n) is 2.39. The summed E-state index contributed by atoms with van der Waals surface area (Å²) < 4.78 is 0. The van der Waals surface area contributed by atoms with Crippen molar-refractivity contribution in [2.45, 2.75) is 25.7 Å². The minimum atomic E-state index is 0.0827. The van der Waals surface area contributed by atoms with Gasteiger partial charge in [0.25, 0.3) is 0 Å². The van der Waals surface area contributed by atoms with Gasteiger partial charge in [0.05, 0.1) is 6.42 Å². The van der Waals surface area contributed by atoms with E-state index in [-0.39, 0.29) is 5.91 Å². The zero-order valence-corrected chi connectivity index (χ0v) is 12.0. The molecule has 3 nitrogen and oxygen atoms in total. The molecular weight excluding hydrogens is 260 g/mol. The van der Waals surface area contributed by atoms with Crippen LogP contribution in [-0.2, 0) is 11.2 Å². The monoisotopic (exact) mass is 280 g/mol. The molecule has 1 fully saturated rings. The number of likely N-dealkylation sites (tertiary alicyclic amines) is 1. The van der Waals surface area contributed by atoms with E-state index in [0.29, 0.717) is 11.4 Å². The predicted octanol–water partition coefficient (Wildman–Crippen LogP) is 2.48. The van der Waals surface area contributed by atoms with Gasteiger partial charge in [0.1, 0.15) is 0 Å². The highest BCUT2D eigenvalue weighted by Gasteiger charge is 2.10. The molecule has 0 bridgehead atoms. The first-order valence-corrected chi connectivity index (χ1v) is 7.35. The van der Waals surface area contributed by atoms with E-state index in [0.717, 1.165) is 18.7 Å². The van der Waals surface area contributed by atoms with Crippen LogP contribution in [0, 0.1) is 0 Å². The lowest BCUT2D eigenvalue weighted by Gasteiger charge is -2.26. The molecule has 1 N–H and O–H groups in total. The fourth-order valence-corrected chi connectivity index (χ4v) is 2.51. The van der Waals surface area contributed by atoms with E-state index in [9.17, 15) is 4.79 Å². The molecular formula is C15H21ClN2O. The van der Waals surface area contributed by atoms with Gasteiger partial charge < -0.3 is 10.2 Å². The van der Waals surface area contributed by atoms with Crippen LogP contribution in [0.15, 0.2) is 24.3 Å². The quantitative estimate of drug-likeness (QED) is 0.899. The number of carbonyl (C=O) groups excluding carboxylic acids is 1. The molecule has 0 radical (unpaired) electrons. The van der Waals surface area contributed by atoms with Crippen LogP contribution in [0.25, 0.3) is 0 Å². The largest absolute Gasteiger partial charge is 0.355 e. The van der Waals surface area contributed by atoms with Gasteiger partial charge in [0.15, 0.2) is 0 Å². The normalized spacial score (nSPS) is 16.3. The third-order valence-electron chi connectivity index (χ3n) is 3.48. The summed E-state index contributed by atoms with van der Waals surface area (Å²) in [4.78, 5) is 14.2. The van der Waals surface area contributed by atoms with E-state index in [2.05, 4.69) is 10.2 Å². The van der Waals surface area contributed by atoms with Crippen molar-refractivity contribution in [1.82, 2.24) is 10.2 Å². The van der Waals surface area contributed by atoms with Crippen molar-refractivity contribution in [3.63, 3.8) is 0 Å². The standard InChI is InChI=1S/C15H21ClN2O/c16-14-6-4-13(5-7-14)12-15(19)17-8-11-18-9-2-1-3-10-18/h4-7H,1-3,8-12H2,(H,17,19). The minimum absolute atomic E-state index is 0.0827. The first-order chi connectivity index (χ1) is 9.24. The van der Waals surface area contributed by atoms with E-state index in [1.165, 1.54) is 32.4 Å². The number of halogens is 1. The molecule has 1 saturated heterocycles. The molecule has 0 unspecified atom stereocenters. The van der Waals surface area contributed by atoms with Gasteiger partial charge in [-0.15, -0.1) is 0 Å². The van der Waals surface area contributed by atoms with Gasteiger partial charge in [-0.05, 0) is 43.6 Å².